The van der Waals surface area contributed by atoms with Gasteiger partial charge in [0.15, 0.2) is 11.5 Å². The lowest BCUT2D eigenvalue weighted by atomic mass is 9.89. The number of piperidine rings is 1. The number of nitrogens with zero attached hydrogens (tertiary/aromatic N) is 3. The van der Waals surface area contributed by atoms with Gasteiger partial charge in [0.25, 0.3) is 5.91 Å². The Morgan fingerprint density at radius 2 is 1.69 bits per heavy atom. The molecule has 4 rings (SSSR count). The number of aromatic nitrogens is 2. The number of amides is 1. The standard InChI is InChI=1S/C24H25N3O2/c1-17-15-22(25-26(17)2)24(29)27-14-6-9-21(16-27)23(28)20-12-10-19(11-13-20)18-7-4-3-5-8-18/h3-5,7-8,10-13,15,21H,6,9,14,16H2,1-2H3/t21-/m1/s1. The molecule has 29 heavy (non-hydrogen) atoms. The highest BCUT2D eigenvalue weighted by Gasteiger charge is 2.30. The Morgan fingerprint density at radius 3 is 2.34 bits per heavy atom. The van der Waals surface area contributed by atoms with Gasteiger partial charge in [-0.05, 0) is 37.0 Å². The zero-order chi connectivity index (χ0) is 20.4. The second kappa shape index (κ2) is 8.03. The Bertz CT molecular complexity index is 1000. The molecule has 0 bridgehead atoms. The molecule has 5 nitrogen and oxygen atoms in total. The Labute approximate surface area is 171 Å². The molecule has 0 N–H and O–H groups in total. The second-order valence-corrected chi connectivity index (χ2v) is 7.69. The average molecular weight is 387 g/mol. The number of hydrogen-bond acceptors (Lipinski definition) is 3. The van der Waals surface area contributed by atoms with E-state index in [-0.39, 0.29) is 17.6 Å². The van der Waals surface area contributed by atoms with Crippen molar-refractivity contribution in [3.05, 3.63) is 77.6 Å². The molecule has 0 spiro atoms. The highest BCUT2D eigenvalue weighted by molar-refractivity contribution is 5.99. The van der Waals surface area contributed by atoms with E-state index in [0.717, 1.165) is 29.7 Å². The average Bonchev–Trinajstić information content (AvgIpc) is 3.12. The maximum atomic E-state index is 13.1. The highest BCUT2D eigenvalue weighted by atomic mass is 16.2. The minimum absolute atomic E-state index is 0.0920. The SMILES string of the molecule is Cc1cc(C(=O)N2CCC[C@@H](C(=O)c3ccc(-c4ccccc4)cc3)C2)nn1C. The third kappa shape index (κ3) is 3.99. The van der Waals surface area contributed by atoms with E-state index in [0.29, 0.717) is 24.3 Å². The van der Waals surface area contributed by atoms with Crippen LogP contribution in [0.4, 0.5) is 0 Å². The van der Waals surface area contributed by atoms with Crippen molar-refractivity contribution in [3.63, 3.8) is 0 Å². The summed E-state index contributed by atoms with van der Waals surface area (Å²) in [5.41, 5.74) is 4.32. The van der Waals surface area contributed by atoms with Gasteiger partial charge in [-0.15, -0.1) is 0 Å². The number of benzene rings is 2. The third-order valence-corrected chi connectivity index (χ3v) is 5.69. The first-order valence-corrected chi connectivity index (χ1v) is 10.0. The summed E-state index contributed by atoms with van der Waals surface area (Å²) in [7, 11) is 1.83. The lowest BCUT2D eigenvalue weighted by Gasteiger charge is -2.31. The first-order chi connectivity index (χ1) is 14.0. The largest absolute Gasteiger partial charge is 0.337 e. The van der Waals surface area contributed by atoms with Gasteiger partial charge in [0.1, 0.15) is 0 Å². The second-order valence-electron chi connectivity index (χ2n) is 7.69. The zero-order valence-corrected chi connectivity index (χ0v) is 16.8. The molecule has 0 saturated carbocycles. The highest BCUT2D eigenvalue weighted by Crippen LogP contribution is 2.25. The van der Waals surface area contributed by atoms with Gasteiger partial charge < -0.3 is 4.90 Å². The van der Waals surface area contributed by atoms with Crippen molar-refractivity contribution >= 4 is 11.7 Å². The summed E-state index contributed by atoms with van der Waals surface area (Å²) in [4.78, 5) is 27.6. The van der Waals surface area contributed by atoms with Gasteiger partial charge in [-0.2, -0.15) is 5.10 Å². The predicted molar refractivity (Wildman–Crippen MR) is 113 cm³/mol. The molecule has 1 saturated heterocycles. The lowest BCUT2D eigenvalue weighted by Crippen LogP contribution is -2.42. The molecular weight excluding hydrogens is 362 g/mol. The van der Waals surface area contributed by atoms with Crippen LogP contribution in [0.25, 0.3) is 11.1 Å². The van der Waals surface area contributed by atoms with Crippen molar-refractivity contribution in [2.24, 2.45) is 13.0 Å². The summed E-state index contributed by atoms with van der Waals surface area (Å²) in [6.45, 7) is 3.05. The van der Waals surface area contributed by atoms with Crippen LogP contribution in [-0.4, -0.2) is 39.5 Å². The van der Waals surface area contributed by atoms with Gasteiger partial charge in [-0.25, -0.2) is 0 Å². The van der Waals surface area contributed by atoms with E-state index in [1.807, 2.05) is 56.4 Å². The van der Waals surface area contributed by atoms with Gasteiger partial charge >= 0.3 is 0 Å². The van der Waals surface area contributed by atoms with E-state index < -0.39 is 0 Å². The minimum Gasteiger partial charge on any atom is -0.337 e. The van der Waals surface area contributed by atoms with Gasteiger partial charge in [0.2, 0.25) is 0 Å². The number of carbonyl (C=O) groups is 2. The third-order valence-electron chi connectivity index (χ3n) is 5.69. The molecule has 0 radical (unpaired) electrons. The van der Waals surface area contributed by atoms with Crippen LogP contribution in [0.3, 0.4) is 0 Å². The van der Waals surface area contributed by atoms with Crippen LogP contribution in [0.15, 0.2) is 60.7 Å². The molecule has 2 aromatic carbocycles. The van der Waals surface area contributed by atoms with Gasteiger partial charge in [-0.3, -0.25) is 14.3 Å². The summed E-state index contributed by atoms with van der Waals surface area (Å²) < 4.78 is 1.70. The first kappa shape index (κ1) is 19.1. The number of Topliss-reactive ketones (excluding diaryl/α,β-unsaturated/α-hetero) is 1. The molecule has 148 valence electrons. The Kier molecular flexibility index (Phi) is 5.30. The summed E-state index contributed by atoms with van der Waals surface area (Å²) in [5, 5.41) is 4.29. The van der Waals surface area contributed by atoms with Crippen molar-refractivity contribution in [1.82, 2.24) is 14.7 Å². The molecule has 0 unspecified atom stereocenters. The van der Waals surface area contributed by atoms with Crippen LogP contribution < -0.4 is 0 Å². The van der Waals surface area contributed by atoms with Crippen LogP contribution in [0.2, 0.25) is 0 Å². The topological polar surface area (TPSA) is 55.2 Å². The summed E-state index contributed by atoms with van der Waals surface area (Å²) in [5.74, 6) is -0.148. The molecule has 1 fully saturated rings. The van der Waals surface area contributed by atoms with Crippen LogP contribution >= 0.6 is 0 Å². The number of ketones is 1. The van der Waals surface area contributed by atoms with Gasteiger partial charge in [-0.1, -0.05) is 54.6 Å². The Hall–Kier alpha value is -3.21. The van der Waals surface area contributed by atoms with Crippen molar-refractivity contribution in [1.29, 1.82) is 0 Å². The van der Waals surface area contributed by atoms with Crippen LogP contribution in [0.1, 0.15) is 39.4 Å². The predicted octanol–water partition coefficient (Wildman–Crippen LogP) is 4.13. The van der Waals surface area contributed by atoms with E-state index in [1.54, 1.807) is 15.6 Å². The van der Waals surface area contributed by atoms with Crippen LogP contribution in [0, 0.1) is 12.8 Å². The molecule has 2 heterocycles. The molecule has 1 aliphatic heterocycles. The normalized spacial score (nSPS) is 16.6. The van der Waals surface area contributed by atoms with Crippen molar-refractivity contribution in [2.45, 2.75) is 19.8 Å². The zero-order valence-electron chi connectivity index (χ0n) is 16.8. The van der Waals surface area contributed by atoms with E-state index >= 15 is 0 Å². The van der Waals surface area contributed by atoms with Crippen molar-refractivity contribution in [3.8, 4) is 11.1 Å². The van der Waals surface area contributed by atoms with Crippen molar-refractivity contribution < 1.29 is 9.59 Å². The Balaban J connectivity index is 1.46. The molecule has 1 amide bonds. The molecule has 1 aliphatic rings. The monoisotopic (exact) mass is 387 g/mol. The van der Waals surface area contributed by atoms with E-state index in [1.165, 1.54) is 0 Å². The van der Waals surface area contributed by atoms with E-state index in [2.05, 4.69) is 17.2 Å². The van der Waals surface area contributed by atoms with Gasteiger partial charge in [0.05, 0.1) is 0 Å². The first-order valence-electron chi connectivity index (χ1n) is 10.0. The summed E-state index contributed by atoms with van der Waals surface area (Å²) >= 11 is 0. The minimum atomic E-state index is -0.167. The Morgan fingerprint density at radius 1 is 1.00 bits per heavy atom. The summed E-state index contributed by atoms with van der Waals surface area (Å²) in [6, 6.07) is 19.7. The fourth-order valence-electron chi connectivity index (χ4n) is 3.90. The van der Waals surface area contributed by atoms with Crippen LogP contribution in [-0.2, 0) is 7.05 Å². The van der Waals surface area contributed by atoms with E-state index in [4.69, 9.17) is 0 Å². The number of hydrogen-bond donors (Lipinski definition) is 0. The fraction of sp³-hybridized carbons (Fsp3) is 0.292. The quantitative estimate of drug-likeness (QED) is 0.633. The van der Waals surface area contributed by atoms with Crippen LogP contribution in [0.5, 0.6) is 0 Å². The molecule has 3 aromatic rings. The molecule has 1 atom stereocenters. The van der Waals surface area contributed by atoms with Gasteiger partial charge in [0, 0.05) is 37.3 Å². The number of rotatable bonds is 4. The summed E-state index contributed by atoms with van der Waals surface area (Å²) in [6.07, 6.45) is 1.64. The molecule has 5 heteroatoms. The van der Waals surface area contributed by atoms with E-state index in [9.17, 15) is 9.59 Å². The molecular formula is C24H25N3O2. The molecule has 0 aliphatic carbocycles. The van der Waals surface area contributed by atoms with Crippen molar-refractivity contribution in [2.75, 3.05) is 13.1 Å². The fourth-order valence-corrected chi connectivity index (χ4v) is 3.90. The smallest absolute Gasteiger partial charge is 0.274 e. The number of aryl methyl sites for hydroxylation is 2. The molecule has 1 aromatic heterocycles. The maximum absolute atomic E-state index is 13.1. The number of likely N-dealkylation sites (tertiary alicyclic amines) is 1. The number of carbonyl (C=O) groups excluding carboxylic acids is 2. The maximum Gasteiger partial charge on any atom is 0.274 e. The lowest BCUT2D eigenvalue weighted by molar-refractivity contribution is 0.0631.